The highest BCUT2D eigenvalue weighted by Crippen LogP contribution is 2.31. The summed E-state index contributed by atoms with van der Waals surface area (Å²) in [6.45, 7) is 3.96. The highest BCUT2D eigenvalue weighted by atomic mass is 32.1. The molecule has 3 heteroatoms. The standard InChI is InChI=1S/C14H23NOS/c1-12-3-2-6-14(16,9-12)11-15-7-4-13-5-8-17-10-13/h5,8,10,12,15-16H,2-4,6-7,9,11H2,1H3. The second kappa shape index (κ2) is 5.98. The maximum absolute atomic E-state index is 10.4. The molecule has 17 heavy (non-hydrogen) atoms. The quantitative estimate of drug-likeness (QED) is 0.791. The molecule has 0 bridgehead atoms. The Hall–Kier alpha value is -0.380. The van der Waals surface area contributed by atoms with E-state index in [0.717, 1.165) is 32.4 Å². The molecule has 2 atom stereocenters. The molecular formula is C14H23NOS. The van der Waals surface area contributed by atoms with Crippen LogP contribution in [-0.4, -0.2) is 23.8 Å². The molecule has 0 radical (unpaired) electrons. The Kier molecular flexibility index (Phi) is 4.60. The van der Waals surface area contributed by atoms with Gasteiger partial charge in [0, 0.05) is 6.54 Å². The zero-order chi connectivity index (χ0) is 12.1. The molecule has 0 amide bonds. The lowest BCUT2D eigenvalue weighted by Gasteiger charge is -2.35. The van der Waals surface area contributed by atoms with Crippen LogP contribution in [0.4, 0.5) is 0 Å². The summed E-state index contributed by atoms with van der Waals surface area (Å²) in [7, 11) is 0. The first-order valence-corrected chi connectivity index (χ1v) is 7.56. The van der Waals surface area contributed by atoms with E-state index in [4.69, 9.17) is 0 Å². The Morgan fingerprint density at radius 1 is 1.59 bits per heavy atom. The normalized spacial score (nSPS) is 29.4. The fraction of sp³-hybridized carbons (Fsp3) is 0.714. The van der Waals surface area contributed by atoms with E-state index in [2.05, 4.69) is 29.1 Å². The second-order valence-corrected chi connectivity index (χ2v) is 6.26. The van der Waals surface area contributed by atoms with Crippen LogP contribution in [0.15, 0.2) is 16.8 Å². The lowest BCUT2D eigenvalue weighted by molar-refractivity contribution is -0.0114. The Labute approximate surface area is 108 Å². The number of thiophene rings is 1. The summed E-state index contributed by atoms with van der Waals surface area (Å²) in [6.07, 6.45) is 5.43. The Morgan fingerprint density at radius 3 is 3.18 bits per heavy atom. The van der Waals surface area contributed by atoms with E-state index < -0.39 is 5.60 Å². The first-order chi connectivity index (χ1) is 8.18. The van der Waals surface area contributed by atoms with Crippen molar-refractivity contribution in [3.63, 3.8) is 0 Å². The molecule has 2 rings (SSSR count). The minimum Gasteiger partial charge on any atom is -0.389 e. The van der Waals surface area contributed by atoms with Crippen molar-refractivity contribution >= 4 is 11.3 Å². The Balaban J connectivity index is 1.67. The second-order valence-electron chi connectivity index (χ2n) is 5.48. The van der Waals surface area contributed by atoms with Crippen molar-refractivity contribution in [3.05, 3.63) is 22.4 Å². The first kappa shape index (κ1) is 13.1. The van der Waals surface area contributed by atoms with Crippen LogP contribution in [0.3, 0.4) is 0 Å². The molecule has 1 aromatic rings. The van der Waals surface area contributed by atoms with Crippen LogP contribution in [0.25, 0.3) is 0 Å². The number of nitrogens with one attached hydrogen (secondary N) is 1. The van der Waals surface area contributed by atoms with Crippen molar-refractivity contribution in [1.82, 2.24) is 5.32 Å². The molecule has 0 spiro atoms. The molecule has 2 N–H and O–H groups in total. The molecular weight excluding hydrogens is 230 g/mol. The van der Waals surface area contributed by atoms with Gasteiger partial charge in [-0.2, -0.15) is 11.3 Å². The summed E-state index contributed by atoms with van der Waals surface area (Å²) >= 11 is 1.75. The monoisotopic (exact) mass is 253 g/mol. The van der Waals surface area contributed by atoms with Crippen molar-refractivity contribution in [1.29, 1.82) is 0 Å². The third-order valence-electron chi connectivity index (χ3n) is 3.69. The van der Waals surface area contributed by atoms with Crippen molar-refractivity contribution in [2.45, 2.75) is 44.6 Å². The van der Waals surface area contributed by atoms with E-state index in [-0.39, 0.29) is 0 Å². The SMILES string of the molecule is CC1CCCC(O)(CNCCc2ccsc2)C1. The molecule has 1 aromatic heterocycles. The third kappa shape index (κ3) is 4.09. The van der Waals surface area contributed by atoms with Crippen LogP contribution in [0.1, 0.15) is 38.2 Å². The van der Waals surface area contributed by atoms with Crippen LogP contribution in [0, 0.1) is 5.92 Å². The summed E-state index contributed by atoms with van der Waals surface area (Å²) in [4.78, 5) is 0. The molecule has 1 aliphatic carbocycles. The van der Waals surface area contributed by atoms with Crippen LogP contribution in [0.5, 0.6) is 0 Å². The van der Waals surface area contributed by atoms with Gasteiger partial charge in [0.2, 0.25) is 0 Å². The highest BCUT2D eigenvalue weighted by molar-refractivity contribution is 7.07. The van der Waals surface area contributed by atoms with Crippen LogP contribution in [0.2, 0.25) is 0 Å². The average Bonchev–Trinajstić information content (AvgIpc) is 2.77. The average molecular weight is 253 g/mol. The summed E-state index contributed by atoms with van der Waals surface area (Å²) in [5.41, 5.74) is 0.943. The van der Waals surface area contributed by atoms with Gasteiger partial charge in [0.15, 0.2) is 0 Å². The minimum atomic E-state index is -0.452. The molecule has 1 aliphatic rings. The molecule has 1 saturated carbocycles. The van der Waals surface area contributed by atoms with Crippen LogP contribution >= 0.6 is 11.3 Å². The maximum atomic E-state index is 10.4. The number of hydrogen-bond donors (Lipinski definition) is 2. The van der Waals surface area contributed by atoms with Crippen LogP contribution in [-0.2, 0) is 6.42 Å². The molecule has 0 aliphatic heterocycles. The van der Waals surface area contributed by atoms with Gasteiger partial charge in [-0.1, -0.05) is 19.8 Å². The van der Waals surface area contributed by atoms with Crippen molar-refractivity contribution in [3.8, 4) is 0 Å². The minimum absolute atomic E-state index is 0.452. The van der Waals surface area contributed by atoms with Gasteiger partial charge in [-0.25, -0.2) is 0 Å². The third-order valence-corrected chi connectivity index (χ3v) is 4.42. The molecule has 1 heterocycles. The van der Waals surface area contributed by atoms with E-state index in [1.807, 2.05) is 0 Å². The summed E-state index contributed by atoms with van der Waals surface area (Å²) in [5.74, 6) is 0.674. The van der Waals surface area contributed by atoms with E-state index in [9.17, 15) is 5.11 Å². The highest BCUT2D eigenvalue weighted by Gasteiger charge is 2.31. The number of rotatable bonds is 5. The zero-order valence-corrected chi connectivity index (χ0v) is 11.4. The van der Waals surface area contributed by atoms with Gasteiger partial charge in [0.05, 0.1) is 5.60 Å². The Bertz CT molecular complexity index is 325. The van der Waals surface area contributed by atoms with Gasteiger partial charge in [-0.15, -0.1) is 0 Å². The topological polar surface area (TPSA) is 32.3 Å². The molecule has 96 valence electrons. The van der Waals surface area contributed by atoms with Gasteiger partial charge >= 0.3 is 0 Å². The number of aliphatic hydroxyl groups is 1. The predicted octanol–water partition coefficient (Wildman–Crippen LogP) is 2.82. The first-order valence-electron chi connectivity index (χ1n) is 6.62. The molecule has 0 saturated heterocycles. The van der Waals surface area contributed by atoms with Crippen LogP contribution < -0.4 is 5.32 Å². The van der Waals surface area contributed by atoms with E-state index in [1.165, 1.54) is 18.4 Å². The fourth-order valence-corrected chi connectivity index (χ4v) is 3.48. The largest absolute Gasteiger partial charge is 0.389 e. The lowest BCUT2D eigenvalue weighted by atomic mass is 9.79. The van der Waals surface area contributed by atoms with E-state index >= 15 is 0 Å². The zero-order valence-electron chi connectivity index (χ0n) is 10.6. The van der Waals surface area contributed by atoms with Crippen molar-refractivity contribution in [2.24, 2.45) is 5.92 Å². The summed E-state index contributed by atoms with van der Waals surface area (Å²) < 4.78 is 0. The summed E-state index contributed by atoms with van der Waals surface area (Å²) in [5, 5.41) is 18.2. The Morgan fingerprint density at radius 2 is 2.47 bits per heavy atom. The summed E-state index contributed by atoms with van der Waals surface area (Å²) in [6, 6.07) is 2.17. The molecule has 2 unspecified atom stereocenters. The molecule has 2 nitrogen and oxygen atoms in total. The van der Waals surface area contributed by atoms with Crippen molar-refractivity contribution < 1.29 is 5.11 Å². The van der Waals surface area contributed by atoms with Gasteiger partial charge < -0.3 is 10.4 Å². The fourth-order valence-electron chi connectivity index (χ4n) is 2.78. The molecule has 1 fully saturated rings. The number of hydrogen-bond acceptors (Lipinski definition) is 3. The van der Waals surface area contributed by atoms with Gasteiger partial charge in [-0.3, -0.25) is 0 Å². The van der Waals surface area contributed by atoms with Gasteiger partial charge in [-0.05, 0) is 54.1 Å². The van der Waals surface area contributed by atoms with Crippen molar-refractivity contribution in [2.75, 3.05) is 13.1 Å². The lowest BCUT2D eigenvalue weighted by Crippen LogP contribution is -2.44. The predicted molar refractivity (Wildman–Crippen MR) is 73.5 cm³/mol. The van der Waals surface area contributed by atoms with Gasteiger partial charge in [0.25, 0.3) is 0 Å². The maximum Gasteiger partial charge on any atom is 0.0774 e. The molecule has 0 aromatic carbocycles. The van der Waals surface area contributed by atoms with E-state index in [0.29, 0.717) is 5.92 Å². The van der Waals surface area contributed by atoms with E-state index in [1.54, 1.807) is 11.3 Å². The smallest absolute Gasteiger partial charge is 0.0774 e. The van der Waals surface area contributed by atoms with Gasteiger partial charge in [0.1, 0.15) is 0 Å².